The van der Waals surface area contributed by atoms with Gasteiger partial charge in [0.15, 0.2) is 0 Å². The van der Waals surface area contributed by atoms with Gasteiger partial charge in [0, 0.05) is 31.7 Å². The number of halogens is 2. The minimum Gasteiger partial charge on any atom is -0.442 e. The Morgan fingerprint density at radius 1 is 1.07 bits per heavy atom. The fourth-order valence-electron chi connectivity index (χ4n) is 5.92. The zero-order chi connectivity index (χ0) is 30.4. The fourth-order valence-corrected chi connectivity index (χ4v) is 5.92. The molecule has 1 aliphatic carbocycles. The monoisotopic (exact) mass is 588 g/mol. The average Bonchev–Trinajstić information content (AvgIpc) is 3.39. The number of carbonyl (C=O) groups excluding carboxylic acids is 3. The van der Waals surface area contributed by atoms with E-state index < -0.39 is 53.7 Å². The molecule has 0 aromatic heterocycles. The molecule has 2 saturated heterocycles. The highest BCUT2D eigenvalue weighted by Crippen LogP contribution is 2.30. The van der Waals surface area contributed by atoms with E-state index in [1.807, 2.05) is 17.9 Å². The lowest BCUT2D eigenvalue weighted by molar-refractivity contribution is -0.140. The molecule has 0 spiro atoms. The highest BCUT2D eigenvalue weighted by Gasteiger charge is 2.34. The van der Waals surface area contributed by atoms with E-state index in [0.29, 0.717) is 49.5 Å². The van der Waals surface area contributed by atoms with Gasteiger partial charge in [-0.15, -0.1) is 0 Å². The van der Waals surface area contributed by atoms with E-state index in [2.05, 4.69) is 0 Å². The summed E-state index contributed by atoms with van der Waals surface area (Å²) in [7, 11) is 0. The van der Waals surface area contributed by atoms with Gasteiger partial charge in [-0.2, -0.15) is 0 Å². The van der Waals surface area contributed by atoms with Crippen molar-refractivity contribution in [1.29, 1.82) is 0 Å². The van der Waals surface area contributed by atoms with Crippen molar-refractivity contribution >= 4 is 29.4 Å². The van der Waals surface area contributed by atoms with Gasteiger partial charge >= 0.3 is 6.09 Å². The summed E-state index contributed by atoms with van der Waals surface area (Å²) in [6, 6.07) is 4.70. The molecule has 2 aliphatic heterocycles. The first-order chi connectivity index (χ1) is 20.0. The van der Waals surface area contributed by atoms with Crippen LogP contribution in [0.1, 0.15) is 52.0 Å². The van der Waals surface area contributed by atoms with Crippen molar-refractivity contribution in [3.63, 3.8) is 0 Å². The molecule has 2 fully saturated rings. The maximum absolute atomic E-state index is 14.6. The minimum atomic E-state index is -1.07. The number of carbonyl (C=O) groups is 3. The molecule has 0 radical (unpaired) electrons. The summed E-state index contributed by atoms with van der Waals surface area (Å²) in [4.78, 5) is 42.6. The predicted octanol–water partition coefficient (Wildman–Crippen LogP) is 4.74. The second-order valence-electron chi connectivity index (χ2n) is 11.8. The van der Waals surface area contributed by atoms with Crippen LogP contribution in [0.15, 0.2) is 35.9 Å². The molecule has 1 N–H and O–H groups in total. The smallest absolute Gasteiger partial charge is 0.410 e. The van der Waals surface area contributed by atoms with E-state index in [0.717, 1.165) is 0 Å². The summed E-state index contributed by atoms with van der Waals surface area (Å²) in [6.07, 6.45) is 2.54. The number of benzene rings is 1. The summed E-state index contributed by atoms with van der Waals surface area (Å²) in [5.74, 6) is -3.23. The molecule has 230 valence electrons. The zero-order valence-corrected chi connectivity index (χ0v) is 24.6. The first-order valence-corrected chi connectivity index (χ1v) is 14.9. The van der Waals surface area contributed by atoms with Crippen LogP contribution in [0.5, 0.6) is 0 Å². The van der Waals surface area contributed by atoms with Gasteiger partial charge in [0.05, 0.1) is 31.8 Å². The van der Waals surface area contributed by atoms with Crippen LogP contribution in [-0.2, 0) is 19.1 Å². The van der Waals surface area contributed by atoms with Crippen LogP contribution < -0.4 is 4.90 Å². The molecule has 0 bridgehead atoms. The number of ether oxygens (including phenoxy) is 2. The Hall–Kier alpha value is -3.11. The molecule has 0 saturated carbocycles. The number of likely N-dealkylation sites (tertiary alicyclic amines) is 1. The van der Waals surface area contributed by atoms with E-state index in [9.17, 15) is 28.3 Å². The van der Waals surface area contributed by atoms with Crippen LogP contribution in [0.25, 0.3) is 6.08 Å². The third-order valence-corrected chi connectivity index (χ3v) is 8.42. The van der Waals surface area contributed by atoms with E-state index in [4.69, 9.17) is 9.47 Å². The number of allylic oxidation sites excluding steroid dienone is 2. The molecule has 42 heavy (non-hydrogen) atoms. The maximum Gasteiger partial charge on any atom is 0.410 e. The predicted molar refractivity (Wildman–Crippen MR) is 155 cm³/mol. The van der Waals surface area contributed by atoms with Crippen molar-refractivity contribution in [2.75, 3.05) is 44.3 Å². The molecule has 2 heterocycles. The molecule has 1 aromatic carbocycles. The van der Waals surface area contributed by atoms with Gasteiger partial charge in [0.25, 0.3) is 0 Å². The summed E-state index contributed by atoms with van der Waals surface area (Å²) >= 11 is 0. The lowest BCUT2D eigenvalue weighted by atomic mass is 9.80. The Bertz CT molecular complexity index is 1200. The Morgan fingerprint density at radius 3 is 2.50 bits per heavy atom. The number of morpholine rings is 1. The summed E-state index contributed by atoms with van der Waals surface area (Å²) in [5, 5.41) is 10.6. The van der Waals surface area contributed by atoms with Crippen molar-refractivity contribution in [2.45, 2.75) is 64.8 Å². The van der Waals surface area contributed by atoms with Crippen molar-refractivity contribution in [1.82, 2.24) is 4.90 Å². The quantitative estimate of drug-likeness (QED) is 0.401. The molecule has 1 aromatic rings. The van der Waals surface area contributed by atoms with Gasteiger partial charge in [0.2, 0.25) is 11.6 Å². The first-order valence-electron chi connectivity index (χ1n) is 14.9. The number of aliphatic hydroxyl groups is 1. The Kier molecular flexibility index (Phi) is 10.9. The van der Waals surface area contributed by atoms with Crippen LogP contribution >= 0.6 is 0 Å². The fraction of sp³-hybridized carbons (Fsp3) is 0.594. The molecule has 3 aliphatic rings. The molecular formula is C32H42F2N2O6. The standard InChI is InChI=1S/C32H42F2N2O6/c1-20-4-6-27(37)18-28(38)31(39)30(21(2)5-7-29(20)42-32(40)36-9-8-24(33)19-36)22(3)14-23-15-25(34)17-26(16-23)35-10-12-41-13-11-35/h5,7,14-17,20-21,24,27,29-30,37H,4,6,8-13,18-19H2,1-3H3/b7-5+,22-14+/t20-,21-,24+,27+,29-,30-/m0/s1. The molecule has 8 nitrogen and oxygen atoms in total. The molecule has 0 unspecified atom stereocenters. The number of anilines is 1. The van der Waals surface area contributed by atoms with Crippen LogP contribution in [0.3, 0.4) is 0 Å². The number of hydrogen-bond donors (Lipinski definition) is 1. The van der Waals surface area contributed by atoms with E-state index in [1.165, 1.54) is 17.0 Å². The topological polar surface area (TPSA) is 96.4 Å². The molecule has 4 rings (SSSR count). The third-order valence-electron chi connectivity index (χ3n) is 8.42. The number of ketones is 2. The van der Waals surface area contributed by atoms with Crippen LogP contribution in [-0.4, -0.2) is 85.4 Å². The minimum absolute atomic E-state index is 0.00518. The maximum atomic E-state index is 14.6. The summed E-state index contributed by atoms with van der Waals surface area (Å²) < 4.78 is 39.5. The highest BCUT2D eigenvalue weighted by molar-refractivity contribution is 6.38. The number of rotatable bonds is 4. The van der Waals surface area contributed by atoms with Crippen molar-refractivity contribution in [2.24, 2.45) is 17.8 Å². The van der Waals surface area contributed by atoms with Crippen molar-refractivity contribution < 1.29 is 37.7 Å². The Labute approximate surface area is 246 Å². The number of nitrogens with zero attached hydrogens (tertiary/aromatic N) is 2. The lowest BCUT2D eigenvalue weighted by Gasteiger charge is -2.29. The van der Waals surface area contributed by atoms with Gasteiger partial charge in [0.1, 0.15) is 18.1 Å². The van der Waals surface area contributed by atoms with Gasteiger partial charge in [-0.3, -0.25) is 9.59 Å². The van der Waals surface area contributed by atoms with Gasteiger partial charge in [-0.25, -0.2) is 13.6 Å². The SMILES string of the molecule is C/C(=C\c1cc(F)cc(N2CCOCC2)c1)[C@H]1C(=O)C(=O)C[C@H](O)CC[C@H](C)[C@@H](OC(=O)N2CC[C@@H](F)C2)/C=C/[C@@H]1C. The first kappa shape index (κ1) is 31.8. The lowest BCUT2D eigenvalue weighted by Crippen LogP contribution is -2.36. The number of Topliss-reactive ketones (excluding diaryl/α,β-unsaturated/α-hetero) is 2. The summed E-state index contributed by atoms with van der Waals surface area (Å²) in [6.45, 7) is 8.10. The van der Waals surface area contributed by atoms with Gasteiger partial charge in [-0.05, 0) is 67.9 Å². The number of alkyl halides is 1. The van der Waals surface area contributed by atoms with E-state index >= 15 is 0 Å². The second kappa shape index (κ2) is 14.4. The zero-order valence-electron chi connectivity index (χ0n) is 24.6. The van der Waals surface area contributed by atoms with Crippen molar-refractivity contribution in [3.05, 3.63) is 47.3 Å². The van der Waals surface area contributed by atoms with Crippen LogP contribution in [0.2, 0.25) is 0 Å². The van der Waals surface area contributed by atoms with Crippen LogP contribution in [0.4, 0.5) is 19.3 Å². The number of amides is 1. The second-order valence-corrected chi connectivity index (χ2v) is 11.8. The molecule has 1 amide bonds. The van der Waals surface area contributed by atoms with Crippen molar-refractivity contribution in [3.8, 4) is 0 Å². The van der Waals surface area contributed by atoms with E-state index in [1.54, 1.807) is 32.1 Å². The molecule has 6 atom stereocenters. The van der Waals surface area contributed by atoms with Crippen LogP contribution in [0, 0.1) is 23.6 Å². The number of aliphatic hydroxyl groups excluding tert-OH is 1. The van der Waals surface area contributed by atoms with E-state index in [-0.39, 0.29) is 38.3 Å². The molecule has 10 heteroatoms. The Balaban J connectivity index is 1.62. The number of hydrogen-bond acceptors (Lipinski definition) is 7. The van der Waals surface area contributed by atoms with Gasteiger partial charge < -0.3 is 24.4 Å². The third kappa shape index (κ3) is 8.25. The summed E-state index contributed by atoms with van der Waals surface area (Å²) in [5.41, 5.74) is 1.85. The average molecular weight is 589 g/mol. The largest absolute Gasteiger partial charge is 0.442 e. The highest BCUT2D eigenvalue weighted by atomic mass is 19.1. The Morgan fingerprint density at radius 2 is 1.81 bits per heavy atom. The molecular weight excluding hydrogens is 546 g/mol. The van der Waals surface area contributed by atoms with Gasteiger partial charge in [-0.1, -0.05) is 31.6 Å². The normalized spacial score (nSPS) is 31.0.